The number of rotatable bonds is 9. The summed E-state index contributed by atoms with van der Waals surface area (Å²) in [5.74, 6) is -0.297. The minimum Gasteiger partial charge on any atom is -0.447 e. The molecular weight excluding hydrogens is 415 g/mol. The van der Waals surface area contributed by atoms with Gasteiger partial charge in [-0.3, -0.25) is 14.6 Å². The smallest absolute Gasteiger partial charge is 0.273 e. The number of carbonyl (C=O) groups excluding carboxylic acids is 1. The summed E-state index contributed by atoms with van der Waals surface area (Å²) < 4.78 is 24.8. The average Bonchev–Trinajstić information content (AvgIpc) is 3.21. The summed E-state index contributed by atoms with van der Waals surface area (Å²) >= 11 is 0. The number of hydrogen-bond acceptors (Lipinski definition) is 7. The number of β-amino-alcohol motifs (C(OH)–C–C–N with tert-alkyl or cyclic N) is 1. The molecule has 32 heavy (non-hydrogen) atoms. The average molecular weight is 449 g/mol. The van der Waals surface area contributed by atoms with Crippen LogP contribution in [-0.4, -0.2) is 76.8 Å². The largest absolute Gasteiger partial charge is 0.447 e. The van der Waals surface area contributed by atoms with Crippen molar-refractivity contribution in [2.45, 2.75) is 45.6 Å². The summed E-state index contributed by atoms with van der Waals surface area (Å²) in [4.78, 5) is 21.0. The van der Waals surface area contributed by atoms with E-state index in [1.807, 2.05) is 20.8 Å². The van der Waals surface area contributed by atoms with Crippen LogP contribution in [0.5, 0.6) is 0 Å². The minimum absolute atomic E-state index is 0.0856. The summed E-state index contributed by atoms with van der Waals surface area (Å²) in [6, 6.07) is 6.31. The standard InChI is InChI=1S/C23H33FN4O4/c1-23(2,3)32-15-18(29)13-27-8-10-28(11-9-27)14-21-26-20(16-31-21)22(30)25-12-17-6-4-5-7-19(17)24/h4-7,16,18,29H,8-15H2,1-3H3,(H,25,30). The summed E-state index contributed by atoms with van der Waals surface area (Å²) in [5.41, 5.74) is 0.331. The molecule has 0 saturated carbocycles. The number of hydrogen-bond donors (Lipinski definition) is 2. The quantitative estimate of drug-likeness (QED) is 0.607. The lowest BCUT2D eigenvalue weighted by Crippen LogP contribution is -2.49. The van der Waals surface area contributed by atoms with Crippen LogP contribution in [0.1, 0.15) is 42.7 Å². The number of oxazole rings is 1. The lowest BCUT2D eigenvalue weighted by molar-refractivity contribution is -0.0588. The number of halogens is 1. The molecule has 0 radical (unpaired) electrons. The van der Waals surface area contributed by atoms with E-state index in [1.54, 1.807) is 18.2 Å². The number of ether oxygens (including phenoxy) is 1. The summed E-state index contributed by atoms with van der Waals surface area (Å²) in [6.45, 7) is 10.7. The van der Waals surface area contributed by atoms with Crippen LogP contribution in [0.4, 0.5) is 4.39 Å². The fourth-order valence-electron chi connectivity index (χ4n) is 3.41. The molecule has 9 heteroatoms. The van der Waals surface area contributed by atoms with E-state index >= 15 is 0 Å². The van der Waals surface area contributed by atoms with E-state index in [9.17, 15) is 14.3 Å². The molecule has 2 heterocycles. The van der Waals surface area contributed by atoms with Crippen molar-refractivity contribution in [2.75, 3.05) is 39.3 Å². The monoisotopic (exact) mass is 448 g/mol. The first-order valence-electron chi connectivity index (χ1n) is 10.9. The Morgan fingerprint density at radius 2 is 1.94 bits per heavy atom. The molecule has 1 atom stereocenters. The summed E-state index contributed by atoms with van der Waals surface area (Å²) in [6.07, 6.45) is 0.811. The van der Waals surface area contributed by atoms with E-state index in [0.717, 1.165) is 26.2 Å². The third-order valence-electron chi connectivity index (χ3n) is 5.18. The van der Waals surface area contributed by atoms with Crippen LogP contribution >= 0.6 is 0 Å². The van der Waals surface area contributed by atoms with Gasteiger partial charge >= 0.3 is 0 Å². The maximum absolute atomic E-state index is 13.7. The number of nitrogens with zero attached hydrogens (tertiary/aromatic N) is 3. The van der Waals surface area contributed by atoms with Gasteiger partial charge in [0.1, 0.15) is 12.1 Å². The van der Waals surface area contributed by atoms with Gasteiger partial charge in [0.25, 0.3) is 5.91 Å². The van der Waals surface area contributed by atoms with Gasteiger partial charge in [0.2, 0.25) is 5.89 Å². The van der Waals surface area contributed by atoms with Gasteiger partial charge in [-0.05, 0) is 26.8 Å². The Morgan fingerprint density at radius 1 is 1.25 bits per heavy atom. The molecule has 1 aliphatic heterocycles. The van der Waals surface area contributed by atoms with E-state index in [2.05, 4.69) is 20.1 Å². The maximum atomic E-state index is 13.7. The van der Waals surface area contributed by atoms with Crippen LogP contribution in [0.3, 0.4) is 0 Å². The zero-order chi connectivity index (χ0) is 23.1. The van der Waals surface area contributed by atoms with Crippen LogP contribution in [0.2, 0.25) is 0 Å². The lowest BCUT2D eigenvalue weighted by atomic mass is 10.2. The molecule has 1 amide bonds. The van der Waals surface area contributed by atoms with Crippen LogP contribution < -0.4 is 5.32 Å². The zero-order valence-corrected chi connectivity index (χ0v) is 19.0. The molecule has 2 N–H and O–H groups in total. The summed E-state index contributed by atoms with van der Waals surface area (Å²) in [7, 11) is 0. The van der Waals surface area contributed by atoms with Crippen LogP contribution in [-0.2, 0) is 17.8 Å². The van der Waals surface area contributed by atoms with Crippen molar-refractivity contribution in [3.8, 4) is 0 Å². The second kappa shape index (κ2) is 11.0. The molecule has 176 valence electrons. The minimum atomic E-state index is -0.516. The van der Waals surface area contributed by atoms with Gasteiger partial charge in [-0.25, -0.2) is 9.37 Å². The Labute approximate surface area is 188 Å². The molecule has 2 aromatic rings. The molecule has 1 aromatic carbocycles. The lowest BCUT2D eigenvalue weighted by Gasteiger charge is -2.35. The first-order chi connectivity index (χ1) is 15.2. The van der Waals surface area contributed by atoms with Gasteiger partial charge in [0.05, 0.1) is 24.9 Å². The molecule has 3 rings (SSSR count). The second-order valence-corrected chi connectivity index (χ2v) is 9.05. The second-order valence-electron chi connectivity index (χ2n) is 9.05. The van der Waals surface area contributed by atoms with Gasteiger partial charge in [0.15, 0.2) is 5.69 Å². The Kier molecular flexibility index (Phi) is 8.36. The van der Waals surface area contributed by atoms with Crippen LogP contribution in [0.15, 0.2) is 34.9 Å². The van der Waals surface area contributed by atoms with Crippen molar-refractivity contribution in [1.82, 2.24) is 20.1 Å². The third kappa shape index (κ3) is 7.67. The van der Waals surface area contributed by atoms with Gasteiger partial charge in [0, 0.05) is 44.8 Å². The fourth-order valence-corrected chi connectivity index (χ4v) is 3.41. The molecule has 0 spiro atoms. The highest BCUT2D eigenvalue weighted by molar-refractivity contribution is 5.91. The molecule has 1 aliphatic rings. The Balaban J connectivity index is 1.39. The molecule has 1 unspecified atom stereocenters. The van der Waals surface area contributed by atoms with Gasteiger partial charge in [-0.2, -0.15) is 0 Å². The Bertz CT molecular complexity index is 875. The van der Waals surface area contributed by atoms with Crippen molar-refractivity contribution in [2.24, 2.45) is 0 Å². The Hall–Kier alpha value is -2.33. The topological polar surface area (TPSA) is 91.1 Å². The number of aliphatic hydroxyl groups excluding tert-OH is 1. The van der Waals surface area contributed by atoms with E-state index in [-0.39, 0.29) is 23.7 Å². The number of nitrogens with one attached hydrogen (secondary N) is 1. The van der Waals surface area contributed by atoms with Crippen molar-refractivity contribution in [3.63, 3.8) is 0 Å². The van der Waals surface area contributed by atoms with Crippen LogP contribution in [0, 0.1) is 5.82 Å². The first kappa shape index (κ1) is 24.3. The highest BCUT2D eigenvalue weighted by Crippen LogP contribution is 2.12. The van der Waals surface area contributed by atoms with Crippen molar-refractivity contribution in [3.05, 3.63) is 53.5 Å². The van der Waals surface area contributed by atoms with Crippen LogP contribution in [0.25, 0.3) is 0 Å². The predicted molar refractivity (Wildman–Crippen MR) is 118 cm³/mol. The highest BCUT2D eigenvalue weighted by Gasteiger charge is 2.22. The highest BCUT2D eigenvalue weighted by atomic mass is 19.1. The molecule has 1 fully saturated rings. The normalized spacial score (nSPS) is 16.8. The van der Waals surface area contributed by atoms with Gasteiger partial charge in [-0.15, -0.1) is 0 Å². The number of aliphatic hydroxyl groups is 1. The van der Waals surface area contributed by atoms with E-state index in [1.165, 1.54) is 12.3 Å². The fraction of sp³-hybridized carbons (Fsp3) is 0.565. The van der Waals surface area contributed by atoms with Crippen molar-refractivity contribution >= 4 is 5.91 Å². The number of amides is 1. The van der Waals surface area contributed by atoms with Crippen molar-refractivity contribution in [1.29, 1.82) is 0 Å². The van der Waals surface area contributed by atoms with E-state index < -0.39 is 12.0 Å². The van der Waals surface area contributed by atoms with E-state index in [4.69, 9.17) is 9.15 Å². The van der Waals surface area contributed by atoms with Crippen molar-refractivity contribution < 1.29 is 23.4 Å². The zero-order valence-electron chi connectivity index (χ0n) is 19.0. The summed E-state index contributed by atoms with van der Waals surface area (Å²) in [5, 5.41) is 12.8. The number of aromatic nitrogens is 1. The predicted octanol–water partition coefficient (Wildman–Crippen LogP) is 2.04. The SMILES string of the molecule is CC(C)(C)OCC(O)CN1CCN(Cc2nc(C(=O)NCc3ccccc3F)co2)CC1. The molecular formula is C23H33FN4O4. The molecule has 1 aromatic heterocycles. The molecule has 0 bridgehead atoms. The first-order valence-corrected chi connectivity index (χ1v) is 10.9. The number of piperazine rings is 1. The van der Waals surface area contributed by atoms with Gasteiger partial charge in [-0.1, -0.05) is 18.2 Å². The molecule has 0 aliphatic carbocycles. The molecule has 1 saturated heterocycles. The molecule has 8 nitrogen and oxygen atoms in total. The third-order valence-corrected chi connectivity index (χ3v) is 5.18. The van der Waals surface area contributed by atoms with Gasteiger partial charge < -0.3 is 19.6 Å². The van der Waals surface area contributed by atoms with E-state index in [0.29, 0.717) is 31.2 Å². The Morgan fingerprint density at radius 3 is 2.62 bits per heavy atom. The number of benzene rings is 1. The number of carbonyl (C=O) groups is 1. The maximum Gasteiger partial charge on any atom is 0.273 e.